The summed E-state index contributed by atoms with van der Waals surface area (Å²) in [5.74, 6) is -0.475. The van der Waals surface area contributed by atoms with Crippen molar-refractivity contribution < 1.29 is 14.6 Å². The number of nitrogens with zero attached hydrogens (tertiary/aromatic N) is 3. The van der Waals surface area contributed by atoms with Crippen LogP contribution in [0.25, 0.3) is 0 Å². The number of benzene rings is 1. The smallest absolute Gasteiger partial charge is 0.335 e. The van der Waals surface area contributed by atoms with Crippen LogP contribution >= 0.6 is 31.9 Å². The number of aryl methyl sites for hydroxylation is 1. The summed E-state index contributed by atoms with van der Waals surface area (Å²) < 4.78 is 8.30. The molecule has 2 aromatic rings. The Balaban J connectivity index is 2.18. The number of halogens is 2. The van der Waals surface area contributed by atoms with Crippen molar-refractivity contribution in [2.75, 3.05) is 0 Å². The van der Waals surface area contributed by atoms with Crippen LogP contribution < -0.4 is 4.74 Å². The van der Waals surface area contributed by atoms with Crippen molar-refractivity contribution >= 4 is 37.8 Å². The molecule has 6 nitrogen and oxygen atoms in total. The summed E-state index contributed by atoms with van der Waals surface area (Å²) >= 11 is 6.57. The first-order valence-electron chi connectivity index (χ1n) is 5.17. The Morgan fingerprint density at radius 2 is 2.05 bits per heavy atom. The third kappa shape index (κ3) is 3.32. The molecule has 0 saturated carbocycles. The highest BCUT2D eigenvalue weighted by Crippen LogP contribution is 2.35. The van der Waals surface area contributed by atoms with Crippen LogP contribution in [0, 0.1) is 0 Å². The summed E-state index contributed by atoms with van der Waals surface area (Å²) in [5, 5.41) is 16.6. The average molecular weight is 391 g/mol. The van der Waals surface area contributed by atoms with Crippen molar-refractivity contribution in [3.63, 3.8) is 0 Å². The van der Waals surface area contributed by atoms with Gasteiger partial charge in [0.2, 0.25) is 0 Å². The number of aromatic carboxylic acids is 1. The number of hydrogen-bond donors (Lipinski definition) is 1. The van der Waals surface area contributed by atoms with Gasteiger partial charge in [-0.05, 0) is 44.0 Å². The molecule has 0 aliphatic carbocycles. The maximum absolute atomic E-state index is 10.9. The molecule has 1 aromatic carbocycles. The molecule has 19 heavy (non-hydrogen) atoms. The van der Waals surface area contributed by atoms with Crippen molar-refractivity contribution in [1.29, 1.82) is 0 Å². The maximum Gasteiger partial charge on any atom is 0.335 e. The lowest BCUT2D eigenvalue weighted by Crippen LogP contribution is -2.01. The lowest BCUT2D eigenvalue weighted by atomic mass is 10.2. The van der Waals surface area contributed by atoms with Gasteiger partial charge < -0.3 is 9.84 Å². The van der Waals surface area contributed by atoms with Crippen molar-refractivity contribution in [3.05, 3.63) is 38.5 Å². The van der Waals surface area contributed by atoms with E-state index in [1.165, 1.54) is 12.1 Å². The van der Waals surface area contributed by atoms with Crippen molar-refractivity contribution in [2.24, 2.45) is 7.05 Å². The third-order valence-electron chi connectivity index (χ3n) is 2.26. The van der Waals surface area contributed by atoms with E-state index in [2.05, 4.69) is 42.2 Å². The van der Waals surface area contributed by atoms with E-state index in [0.29, 0.717) is 20.4 Å². The predicted molar refractivity (Wildman–Crippen MR) is 74.1 cm³/mol. The number of aromatic nitrogens is 3. The first-order valence-corrected chi connectivity index (χ1v) is 6.76. The molecule has 0 saturated heterocycles. The summed E-state index contributed by atoms with van der Waals surface area (Å²) in [6.45, 7) is 0.247. The van der Waals surface area contributed by atoms with E-state index in [4.69, 9.17) is 9.84 Å². The molecule has 8 heteroatoms. The van der Waals surface area contributed by atoms with Crippen molar-refractivity contribution in [2.45, 2.75) is 6.61 Å². The summed E-state index contributed by atoms with van der Waals surface area (Å²) in [4.78, 5) is 10.9. The Morgan fingerprint density at radius 1 is 1.42 bits per heavy atom. The fourth-order valence-electron chi connectivity index (χ4n) is 1.43. The average Bonchev–Trinajstić information content (AvgIpc) is 2.73. The van der Waals surface area contributed by atoms with Gasteiger partial charge in [-0.15, -0.1) is 5.10 Å². The van der Waals surface area contributed by atoms with Crippen LogP contribution in [-0.4, -0.2) is 26.1 Å². The molecular formula is C11H9Br2N3O3. The minimum atomic E-state index is -0.998. The Kier molecular flexibility index (Phi) is 4.20. The molecule has 1 N–H and O–H groups in total. The number of carboxylic acids is 1. The quantitative estimate of drug-likeness (QED) is 0.868. The molecule has 0 atom stereocenters. The van der Waals surface area contributed by atoms with Crippen LogP contribution in [-0.2, 0) is 13.7 Å². The second-order valence-electron chi connectivity index (χ2n) is 3.75. The minimum Gasteiger partial charge on any atom is -0.485 e. The zero-order valence-corrected chi connectivity index (χ0v) is 13.0. The lowest BCUT2D eigenvalue weighted by molar-refractivity contribution is 0.0696. The first kappa shape index (κ1) is 14.0. The molecule has 0 fully saturated rings. The van der Waals surface area contributed by atoms with E-state index in [0.717, 1.165) is 0 Å². The molecule has 0 aliphatic rings. The highest BCUT2D eigenvalue weighted by atomic mass is 79.9. The van der Waals surface area contributed by atoms with Gasteiger partial charge >= 0.3 is 5.97 Å². The van der Waals surface area contributed by atoms with Crippen LogP contribution in [0.1, 0.15) is 16.1 Å². The van der Waals surface area contributed by atoms with Gasteiger partial charge in [-0.2, -0.15) is 0 Å². The Bertz CT molecular complexity index is 604. The number of hydrogen-bond acceptors (Lipinski definition) is 4. The van der Waals surface area contributed by atoms with Crippen LogP contribution in [0.5, 0.6) is 5.75 Å². The second-order valence-corrected chi connectivity index (χ2v) is 5.46. The molecule has 0 aliphatic heterocycles. The van der Waals surface area contributed by atoms with Gasteiger partial charge in [0.15, 0.2) is 0 Å². The number of rotatable bonds is 4. The second kappa shape index (κ2) is 5.70. The van der Waals surface area contributed by atoms with E-state index in [9.17, 15) is 4.79 Å². The molecule has 0 bridgehead atoms. The van der Waals surface area contributed by atoms with Crippen LogP contribution in [0.3, 0.4) is 0 Å². The van der Waals surface area contributed by atoms with E-state index in [1.807, 2.05) is 0 Å². The Labute approximate surface area is 125 Å². The SMILES string of the molecule is Cn1cc(COc2c(Br)cc(C(=O)O)cc2Br)nn1. The highest BCUT2D eigenvalue weighted by molar-refractivity contribution is 9.11. The Hall–Kier alpha value is -1.41. The molecule has 2 rings (SSSR count). The fourth-order valence-corrected chi connectivity index (χ4v) is 2.84. The molecule has 1 aromatic heterocycles. The first-order chi connectivity index (χ1) is 8.97. The van der Waals surface area contributed by atoms with Gasteiger partial charge in [-0.25, -0.2) is 4.79 Å². The van der Waals surface area contributed by atoms with Gasteiger partial charge in [0.25, 0.3) is 0 Å². The van der Waals surface area contributed by atoms with Gasteiger partial charge in [-0.1, -0.05) is 5.21 Å². The van der Waals surface area contributed by atoms with Crippen LogP contribution in [0.15, 0.2) is 27.3 Å². The van der Waals surface area contributed by atoms with Gasteiger partial charge in [0.05, 0.1) is 20.7 Å². The molecule has 0 amide bonds. The van der Waals surface area contributed by atoms with Crippen LogP contribution in [0.4, 0.5) is 0 Å². The standard InChI is InChI=1S/C11H9Br2N3O3/c1-16-4-7(14-15-16)5-19-10-8(12)2-6(11(17)18)3-9(10)13/h2-4H,5H2,1H3,(H,17,18). The lowest BCUT2D eigenvalue weighted by Gasteiger charge is -2.09. The van der Waals surface area contributed by atoms with Gasteiger partial charge in [0.1, 0.15) is 18.1 Å². The molecule has 100 valence electrons. The monoisotopic (exact) mass is 389 g/mol. The van der Waals surface area contributed by atoms with E-state index >= 15 is 0 Å². The fraction of sp³-hybridized carbons (Fsp3) is 0.182. The molecule has 0 radical (unpaired) electrons. The zero-order chi connectivity index (χ0) is 14.0. The Morgan fingerprint density at radius 3 is 2.53 bits per heavy atom. The minimum absolute atomic E-state index is 0.172. The van der Waals surface area contributed by atoms with Crippen molar-refractivity contribution in [1.82, 2.24) is 15.0 Å². The molecular weight excluding hydrogens is 382 g/mol. The summed E-state index contributed by atoms with van der Waals surface area (Å²) in [7, 11) is 1.77. The summed E-state index contributed by atoms with van der Waals surface area (Å²) in [6, 6.07) is 2.97. The zero-order valence-electron chi connectivity index (χ0n) is 9.80. The number of carboxylic acid groups (broad SMARTS) is 1. The summed E-state index contributed by atoms with van der Waals surface area (Å²) in [5.41, 5.74) is 0.856. The van der Waals surface area contributed by atoms with E-state index in [1.54, 1.807) is 17.9 Å². The predicted octanol–water partition coefficient (Wildman–Crippen LogP) is 2.62. The molecule has 1 heterocycles. The van der Waals surface area contributed by atoms with Crippen molar-refractivity contribution in [3.8, 4) is 5.75 Å². The maximum atomic E-state index is 10.9. The van der Waals surface area contributed by atoms with E-state index < -0.39 is 5.97 Å². The van der Waals surface area contributed by atoms with Gasteiger partial charge in [0, 0.05) is 7.05 Å². The van der Waals surface area contributed by atoms with Gasteiger partial charge in [-0.3, -0.25) is 4.68 Å². The highest BCUT2D eigenvalue weighted by Gasteiger charge is 2.13. The normalized spacial score (nSPS) is 10.5. The molecule has 0 spiro atoms. The summed E-state index contributed by atoms with van der Waals surface area (Å²) in [6.07, 6.45) is 1.74. The van der Waals surface area contributed by atoms with E-state index in [-0.39, 0.29) is 12.2 Å². The largest absolute Gasteiger partial charge is 0.485 e. The topological polar surface area (TPSA) is 77.2 Å². The number of ether oxygens (including phenoxy) is 1. The van der Waals surface area contributed by atoms with Crippen LogP contribution in [0.2, 0.25) is 0 Å². The third-order valence-corrected chi connectivity index (χ3v) is 3.44. The number of carbonyl (C=O) groups is 1. The molecule has 0 unspecified atom stereocenters.